The summed E-state index contributed by atoms with van der Waals surface area (Å²) in [7, 11) is 0. The van der Waals surface area contributed by atoms with Crippen LogP contribution in [0.5, 0.6) is 5.75 Å². The highest BCUT2D eigenvalue weighted by Gasteiger charge is 2.15. The SMILES string of the molecule is CCC(NCCCCO)c1ccc2c(c1)CCO2. The molecule has 100 valence electrons. The number of aliphatic hydroxyl groups is 1. The third-order valence-electron chi connectivity index (χ3n) is 3.50. The Labute approximate surface area is 109 Å². The van der Waals surface area contributed by atoms with E-state index in [-0.39, 0.29) is 6.61 Å². The van der Waals surface area contributed by atoms with Gasteiger partial charge in [-0.1, -0.05) is 19.1 Å². The molecule has 0 aromatic heterocycles. The lowest BCUT2D eigenvalue weighted by atomic mass is 10.0. The van der Waals surface area contributed by atoms with Crippen LogP contribution in [0.15, 0.2) is 18.2 Å². The Morgan fingerprint density at radius 3 is 3.06 bits per heavy atom. The molecule has 3 nitrogen and oxygen atoms in total. The number of hydrogen-bond donors (Lipinski definition) is 2. The van der Waals surface area contributed by atoms with Gasteiger partial charge in [-0.25, -0.2) is 0 Å². The van der Waals surface area contributed by atoms with Crippen molar-refractivity contribution in [1.29, 1.82) is 0 Å². The monoisotopic (exact) mass is 249 g/mol. The van der Waals surface area contributed by atoms with Gasteiger partial charge in [-0.2, -0.15) is 0 Å². The summed E-state index contributed by atoms with van der Waals surface area (Å²) in [6.07, 6.45) is 4.02. The lowest BCUT2D eigenvalue weighted by Gasteiger charge is -2.18. The van der Waals surface area contributed by atoms with Crippen LogP contribution in [0.4, 0.5) is 0 Å². The number of benzene rings is 1. The topological polar surface area (TPSA) is 41.5 Å². The van der Waals surface area contributed by atoms with E-state index in [2.05, 4.69) is 30.4 Å². The molecule has 1 heterocycles. The fourth-order valence-electron chi connectivity index (χ4n) is 2.43. The van der Waals surface area contributed by atoms with Gasteiger partial charge in [-0.15, -0.1) is 0 Å². The van der Waals surface area contributed by atoms with Gasteiger partial charge in [-0.3, -0.25) is 0 Å². The second-order valence-corrected chi connectivity index (χ2v) is 4.81. The largest absolute Gasteiger partial charge is 0.493 e. The zero-order valence-corrected chi connectivity index (χ0v) is 11.1. The van der Waals surface area contributed by atoms with E-state index in [0.717, 1.165) is 44.6 Å². The Hall–Kier alpha value is -1.06. The molecule has 2 rings (SSSR count). The van der Waals surface area contributed by atoms with Gasteiger partial charge in [0.25, 0.3) is 0 Å². The predicted octanol–water partition coefficient (Wildman–Crippen LogP) is 2.43. The van der Waals surface area contributed by atoms with Crippen LogP contribution in [-0.4, -0.2) is 24.9 Å². The number of nitrogens with one attached hydrogen (secondary N) is 1. The minimum Gasteiger partial charge on any atom is -0.493 e. The van der Waals surface area contributed by atoms with Crippen LogP contribution < -0.4 is 10.1 Å². The molecule has 0 saturated carbocycles. The number of fused-ring (bicyclic) bond motifs is 1. The molecule has 0 aliphatic carbocycles. The lowest BCUT2D eigenvalue weighted by molar-refractivity contribution is 0.282. The second-order valence-electron chi connectivity index (χ2n) is 4.81. The van der Waals surface area contributed by atoms with Gasteiger partial charge < -0.3 is 15.2 Å². The van der Waals surface area contributed by atoms with Gasteiger partial charge in [-0.05, 0) is 43.0 Å². The molecule has 0 spiro atoms. The first-order valence-corrected chi connectivity index (χ1v) is 6.95. The average Bonchev–Trinajstić information content (AvgIpc) is 2.86. The third kappa shape index (κ3) is 3.24. The van der Waals surface area contributed by atoms with E-state index in [1.165, 1.54) is 11.1 Å². The molecule has 2 N–H and O–H groups in total. The second kappa shape index (κ2) is 6.76. The van der Waals surface area contributed by atoms with Gasteiger partial charge in [0.2, 0.25) is 0 Å². The molecule has 0 bridgehead atoms. The zero-order valence-electron chi connectivity index (χ0n) is 11.1. The van der Waals surface area contributed by atoms with Crippen LogP contribution in [0.3, 0.4) is 0 Å². The molecule has 1 aliphatic rings. The highest BCUT2D eigenvalue weighted by atomic mass is 16.5. The average molecular weight is 249 g/mol. The Balaban J connectivity index is 1.94. The van der Waals surface area contributed by atoms with Crippen LogP contribution in [0, 0.1) is 0 Å². The van der Waals surface area contributed by atoms with Crippen molar-refractivity contribution in [2.45, 2.75) is 38.6 Å². The molecule has 1 atom stereocenters. The van der Waals surface area contributed by atoms with Gasteiger partial charge >= 0.3 is 0 Å². The molecule has 1 unspecified atom stereocenters. The van der Waals surface area contributed by atoms with E-state index in [0.29, 0.717) is 6.04 Å². The fourth-order valence-corrected chi connectivity index (χ4v) is 2.43. The quantitative estimate of drug-likeness (QED) is 0.729. The number of unbranched alkanes of at least 4 members (excludes halogenated alkanes) is 1. The van der Waals surface area contributed by atoms with Crippen LogP contribution in [0.2, 0.25) is 0 Å². The Kier molecular flexibility index (Phi) is 5.02. The standard InChI is InChI=1S/C15H23NO2/c1-2-14(16-8-3-4-9-17)12-5-6-15-13(11-12)7-10-18-15/h5-6,11,14,16-17H,2-4,7-10H2,1H3. The first kappa shape index (κ1) is 13.4. The van der Waals surface area contributed by atoms with E-state index >= 15 is 0 Å². The molecular formula is C15H23NO2. The number of rotatable bonds is 7. The van der Waals surface area contributed by atoms with Crippen molar-refractivity contribution in [2.24, 2.45) is 0 Å². The zero-order chi connectivity index (χ0) is 12.8. The van der Waals surface area contributed by atoms with Gasteiger partial charge in [0.15, 0.2) is 0 Å². The number of aliphatic hydroxyl groups excluding tert-OH is 1. The fraction of sp³-hybridized carbons (Fsp3) is 0.600. The Bertz CT molecular complexity index is 379. The molecule has 0 saturated heterocycles. The number of hydrogen-bond acceptors (Lipinski definition) is 3. The summed E-state index contributed by atoms with van der Waals surface area (Å²) in [6, 6.07) is 6.94. The first-order chi connectivity index (χ1) is 8.85. The minimum atomic E-state index is 0.286. The number of ether oxygens (including phenoxy) is 1. The molecule has 0 fully saturated rings. The molecule has 1 aromatic rings. The molecule has 1 aliphatic heterocycles. The van der Waals surface area contributed by atoms with Crippen molar-refractivity contribution in [3.05, 3.63) is 29.3 Å². The predicted molar refractivity (Wildman–Crippen MR) is 73.0 cm³/mol. The molecular weight excluding hydrogens is 226 g/mol. The summed E-state index contributed by atoms with van der Waals surface area (Å²) in [6.45, 7) is 4.27. The van der Waals surface area contributed by atoms with Gasteiger partial charge in [0, 0.05) is 19.1 Å². The van der Waals surface area contributed by atoms with Crippen molar-refractivity contribution >= 4 is 0 Å². The van der Waals surface area contributed by atoms with Crippen LogP contribution >= 0.6 is 0 Å². The van der Waals surface area contributed by atoms with Gasteiger partial charge in [0.1, 0.15) is 5.75 Å². The highest BCUT2D eigenvalue weighted by molar-refractivity contribution is 5.40. The van der Waals surface area contributed by atoms with E-state index in [1.54, 1.807) is 0 Å². The van der Waals surface area contributed by atoms with Crippen molar-refractivity contribution < 1.29 is 9.84 Å². The van der Waals surface area contributed by atoms with E-state index in [1.807, 2.05) is 0 Å². The minimum absolute atomic E-state index is 0.286. The first-order valence-electron chi connectivity index (χ1n) is 6.95. The normalized spacial score (nSPS) is 15.2. The summed E-state index contributed by atoms with van der Waals surface area (Å²) in [5.74, 6) is 1.05. The molecule has 18 heavy (non-hydrogen) atoms. The summed E-state index contributed by atoms with van der Waals surface area (Å²) in [4.78, 5) is 0. The van der Waals surface area contributed by atoms with Crippen molar-refractivity contribution in [3.63, 3.8) is 0 Å². The molecule has 1 aromatic carbocycles. The van der Waals surface area contributed by atoms with Gasteiger partial charge in [0.05, 0.1) is 6.61 Å². The van der Waals surface area contributed by atoms with Crippen LogP contribution in [-0.2, 0) is 6.42 Å². The molecule has 0 radical (unpaired) electrons. The van der Waals surface area contributed by atoms with E-state index in [9.17, 15) is 0 Å². The van der Waals surface area contributed by atoms with Crippen molar-refractivity contribution in [1.82, 2.24) is 5.32 Å². The van der Waals surface area contributed by atoms with Crippen molar-refractivity contribution in [2.75, 3.05) is 19.8 Å². The van der Waals surface area contributed by atoms with Crippen LogP contribution in [0.25, 0.3) is 0 Å². The van der Waals surface area contributed by atoms with E-state index in [4.69, 9.17) is 9.84 Å². The Morgan fingerprint density at radius 2 is 2.28 bits per heavy atom. The maximum Gasteiger partial charge on any atom is 0.122 e. The van der Waals surface area contributed by atoms with Crippen LogP contribution in [0.1, 0.15) is 43.4 Å². The lowest BCUT2D eigenvalue weighted by Crippen LogP contribution is -2.22. The van der Waals surface area contributed by atoms with E-state index < -0.39 is 0 Å². The Morgan fingerprint density at radius 1 is 1.39 bits per heavy atom. The third-order valence-corrected chi connectivity index (χ3v) is 3.50. The molecule has 3 heteroatoms. The summed E-state index contributed by atoms with van der Waals surface area (Å²) < 4.78 is 5.53. The highest BCUT2D eigenvalue weighted by Crippen LogP contribution is 2.29. The molecule has 0 amide bonds. The maximum atomic E-state index is 8.77. The maximum absolute atomic E-state index is 8.77. The smallest absolute Gasteiger partial charge is 0.122 e. The summed E-state index contributed by atoms with van der Waals surface area (Å²) in [5, 5.41) is 12.3. The summed E-state index contributed by atoms with van der Waals surface area (Å²) in [5.41, 5.74) is 2.69. The van der Waals surface area contributed by atoms with Crippen molar-refractivity contribution in [3.8, 4) is 5.75 Å². The summed E-state index contributed by atoms with van der Waals surface area (Å²) >= 11 is 0.